The van der Waals surface area contributed by atoms with E-state index in [1.807, 2.05) is 45.2 Å². The van der Waals surface area contributed by atoms with E-state index in [0.717, 1.165) is 42.5 Å². The van der Waals surface area contributed by atoms with E-state index < -0.39 is 0 Å². The molecule has 289 valence electrons. The predicted octanol–water partition coefficient (Wildman–Crippen LogP) is 11.8. The monoisotopic (exact) mass is 929 g/mol. The molecule has 3 heterocycles. The number of aromatic nitrogens is 1. The number of rotatable bonds is 9. The molecule has 1 aliphatic rings. The van der Waals surface area contributed by atoms with Gasteiger partial charge in [0.25, 0.3) is 0 Å². The number of nitrogens with zero attached hydrogens (tertiary/aromatic N) is 3. The van der Waals surface area contributed by atoms with E-state index in [1.54, 1.807) is 0 Å². The molecule has 0 unspecified atom stereocenters. The Morgan fingerprint density at radius 2 is 1.35 bits per heavy atom. The van der Waals surface area contributed by atoms with E-state index in [0.29, 0.717) is 0 Å². The number of thiophene rings is 1. The van der Waals surface area contributed by atoms with Gasteiger partial charge < -0.3 is 19.7 Å². The number of carbonyl (C=O) groups excluding carboxylic acids is 1. The molecule has 5 nitrogen and oxygen atoms in total. The van der Waals surface area contributed by atoms with Crippen LogP contribution in [0.3, 0.4) is 0 Å². The number of aryl methyl sites for hydroxylation is 5. The first-order chi connectivity index (χ1) is 25.8. The van der Waals surface area contributed by atoms with E-state index in [4.69, 9.17) is 4.98 Å². The molecule has 0 saturated heterocycles. The van der Waals surface area contributed by atoms with Gasteiger partial charge in [-0.25, -0.2) is 0 Å². The molecule has 0 bridgehead atoms. The minimum absolute atomic E-state index is 0. The van der Waals surface area contributed by atoms with Crippen molar-refractivity contribution in [2.45, 2.75) is 88.0 Å². The molecule has 55 heavy (non-hydrogen) atoms. The smallest absolute Gasteiger partial charge is 0.411 e. The Labute approximate surface area is 346 Å². The predicted molar refractivity (Wildman–Crippen MR) is 235 cm³/mol. The number of benzene rings is 4. The van der Waals surface area contributed by atoms with Crippen LogP contribution in [0.5, 0.6) is 0 Å². The maximum absolute atomic E-state index is 11.7. The van der Waals surface area contributed by atoms with Crippen LogP contribution >= 0.6 is 11.3 Å². The van der Waals surface area contributed by atoms with Gasteiger partial charge in [-0.15, -0.1) is 46.2 Å². The quantitative estimate of drug-likeness (QED) is 0.0678. The van der Waals surface area contributed by atoms with Crippen molar-refractivity contribution in [2.24, 2.45) is 11.8 Å². The zero-order valence-electron chi connectivity index (χ0n) is 34.4. The first-order valence-electron chi connectivity index (χ1n) is 19.6. The van der Waals surface area contributed by atoms with Crippen LogP contribution in [0.15, 0.2) is 72.6 Å². The average Bonchev–Trinajstić information content (AvgIpc) is 3.63. The van der Waals surface area contributed by atoms with Crippen LogP contribution < -0.4 is 15.1 Å². The summed E-state index contributed by atoms with van der Waals surface area (Å²) >= 11 is 1.86. The first-order valence-corrected chi connectivity index (χ1v) is 20.4. The fourth-order valence-corrected chi connectivity index (χ4v) is 10.0. The first kappa shape index (κ1) is 42.2. The molecular weight excluding hydrogens is 874 g/mol. The molecule has 0 spiro atoms. The molecule has 0 aliphatic carbocycles. The molecule has 2 aromatic heterocycles. The van der Waals surface area contributed by atoms with Gasteiger partial charge in [0.15, 0.2) is 5.78 Å². The number of hydrogen-bond acceptors (Lipinski definition) is 6. The van der Waals surface area contributed by atoms with Crippen LogP contribution in [0.4, 0.5) is 11.4 Å². The Morgan fingerprint density at radius 3 is 1.96 bits per heavy atom. The number of pyridine rings is 1. The summed E-state index contributed by atoms with van der Waals surface area (Å²) in [5.41, 5.74) is 12.5. The van der Waals surface area contributed by atoms with Crippen molar-refractivity contribution in [1.29, 1.82) is 0 Å². The Morgan fingerprint density at radius 1 is 0.782 bits per heavy atom. The number of ketones is 1. The molecule has 6 aromatic rings. The summed E-state index contributed by atoms with van der Waals surface area (Å²) in [5.74, 6) is 0.547. The molecular formula is C47H55BIrN3O2S-. The summed E-state index contributed by atoms with van der Waals surface area (Å²) < 4.78 is 2.56. The molecule has 7 rings (SSSR count). The normalized spacial score (nSPS) is 12.9. The van der Waals surface area contributed by atoms with Gasteiger partial charge in [0.1, 0.15) is 0 Å². The third-order valence-electron chi connectivity index (χ3n) is 11.4. The number of hydrogen-bond donors (Lipinski definition) is 1. The molecule has 8 heteroatoms. The van der Waals surface area contributed by atoms with Gasteiger partial charge in [0.2, 0.25) is 0 Å². The van der Waals surface area contributed by atoms with Gasteiger partial charge >= 0.3 is 6.98 Å². The van der Waals surface area contributed by atoms with Gasteiger partial charge in [-0.3, -0.25) is 4.79 Å². The van der Waals surface area contributed by atoms with E-state index in [2.05, 4.69) is 119 Å². The molecule has 1 radical (unpaired) electrons. The maximum atomic E-state index is 11.7. The topological polar surface area (TPSA) is 56.7 Å². The molecule has 0 atom stereocenters. The summed E-state index contributed by atoms with van der Waals surface area (Å²) in [7, 11) is 4.48. The fourth-order valence-electron chi connectivity index (χ4n) is 8.69. The second kappa shape index (κ2) is 17.4. The number of aliphatic hydroxyl groups is 1. The van der Waals surface area contributed by atoms with Gasteiger partial charge in [-0.2, -0.15) is 0 Å². The van der Waals surface area contributed by atoms with E-state index >= 15 is 0 Å². The van der Waals surface area contributed by atoms with E-state index in [-0.39, 0.29) is 50.5 Å². The number of aliphatic hydroxyl groups excluding tert-OH is 1. The molecule has 4 aromatic carbocycles. The van der Waals surface area contributed by atoms with Crippen molar-refractivity contribution in [3.63, 3.8) is 0 Å². The van der Waals surface area contributed by atoms with Crippen molar-refractivity contribution in [3.05, 3.63) is 107 Å². The average molecular weight is 929 g/mol. The zero-order valence-corrected chi connectivity index (χ0v) is 37.6. The van der Waals surface area contributed by atoms with Crippen molar-refractivity contribution in [3.8, 4) is 11.3 Å². The zero-order chi connectivity index (χ0) is 39.0. The van der Waals surface area contributed by atoms with Crippen LogP contribution in [-0.2, 0) is 24.9 Å². The maximum Gasteiger partial charge on any atom is 0.411 e. The number of anilines is 2. The third kappa shape index (κ3) is 8.01. The largest absolute Gasteiger partial charge is 0.512 e. The number of allylic oxidation sites excluding steroid dienone is 2. The molecule has 0 saturated carbocycles. The van der Waals surface area contributed by atoms with Crippen LogP contribution in [-0.4, -0.2) is 37.0 Å². The Balaban J connectivity index is 0.000000311. The third-order valence-corrected chi connectivity index (χ3v) is 12.7. The molecule has 0 amide bonds. The van der Waals surface area contributed by atoms with Crippen LogP contribution in [0.1, 0.15) is 81.2 Å². The Kier molecular flexibility index (Phi) is 13.4. The van der Waals surface area contributed by atoms with Gasteiger partial charge in [-0.05, 0) is 83.5 Å². The van der Waals surface area contributed by atoms with E-state index in [1.165, 1.54) is 76.1 Å². The van der Waals surface area contributed by atoms with Gasteiger partial charge in [0.05, 0.1) is 11.4 Å². The Bertz CT molecular complexity index is 2350. The summed E-state index contributed by atoms with van der Waals surface area (Å²) in [6.45, 7) is 19.2. The summed E-state index contributed by atoms with van der Waals surface area (Å²) in [5, 5.41) is 14.9. The van der Waals surface area contributed by atoms with Crippen molar-refractivity contribution >= 4 is 71.9 Å². The van der Waals surface area contributed by atoms with Crippen LogP contribution in [0.25, 0.3) is 42.2 Å². The van der Waals surface area contributed by atoms with Crippen LogP contribution in [0.2, 0.25) is 0 Å². The minimum Gasteiger partial charge on any atom is -0.512 e. The number of carbonyl (C=O) groups is 1. The van der Waals surface area contributed by atoms with E-state index in [9.17, 15) is 9.90 Å². The van der Waals surface area contributed by atoms with Crippen molar-refractivity contribution in [2.75, 3.05) is 23.7 Å². The standard InChI is InChI=1S/C34H31BN3S.C13H24O2.Ir/c1-19-14-20(2)18-24(17-19)31-34-28(12-13-36-31)27-9-8-25-26(33(27)39-34)10-11-29-32(25)38(7)35(37(29)6)30-22(4)15-21(3)16-23(30)5;1-5-10(6-2)12(14)9-13(15)11(7-3)8-4;/h8-17H,1-7H3;9-11,14H,5-8H2,1-4H3;/q-1;;/b;12-9-;. The Hall–Kier alpha value is -3.97. The fraction of sp³-hybridized carbons (Fsp3) is 0.362. The number of fused-ring (bicyclic) bond motifs is 7. The van der Waals surface area contributed by atoms with Crippen LogP contribution in [0, 0.1) is 52.5 Å². The minimum atomic E-state index is 0. The van der Waals surface area contributed by atoms with Crippen molar-refractivity contribution < 1.29 is 30.0 Å². The summed E-state index contributed by atoms with van der Waals surface area (Å²) in [6.07, 6.45) is 6.85. The van der Waals surface area contributed by atoms with Crippen molar-refractivity contribution in [1.82, 2.24) is 4.98 Å². The van der Waals surface area contributed by atoms with Gasteiger partial charge in [0, 0.05) is 81.2 Å². The molecule has 1 N–H and O–H groups in total. The second-order valence-electron chi connectivity index (χ2n) is 15.3. The molecule has 0 fully saturated rings. The summed E-state index contributed by atoms with van der Waals surface area (Å²) in [4.78, 5) is 21.5. The SMILES string of the molecule is CCC(CC)C(=O)/C=C(\O)C(CC)CC.Cc1[c-]c(-c2nccc3c2sc2c4ccc5c(c4ccc32)N(C)B(c2c(C)cc(C)cc2C)N5C)cc(C)c1.[Ir]. The molecule has 1 aliphatic heterocycles. The second-order valence-corrected chi connectivity index (χ2v) is 16.3. The van der Waals surface area contributed by atoms with Gasteiger partial charge in [-0.1, -0.05) is 88.6 Å². The summed E-state index contributed by atoms with van der Waals surface area (Å²) in [6, 6.07) is 24.0.